The molecule has 29 heavy (non-hydrogen) atoms. The predicted octanol–water partition coefficient (Wildman–Crippen LogP) is 3.54. The Morgan fingerprint density at radius 3 is 2.62 bits per heavy atom. The summed E-state index contributed by atoms with van der Waals surface area (Å²) >= 11 is 0. The minimum absolute atomic E-state index is 0.0506. The average Bonchev–Trinajstić information content (AvgIpc) is 3.35. The van der Waals surface area contributed by atoms with Gasteiger partial charge in [0.25, 0.3) is 5.91 Å². The number of aromatic nitrogens is 1. The summed E-state index contributed by atoms with van der Waals surface area (Å²) in [5.74, 6) is 1.53. The number of fused-ring (bicyclic) bond motifs is 1. The van der Waals surface area contributed by atoms with Gasteiger partial charge < -0.3 is 19.1 Å². The van der Waals surface area contributed by atoms with Crippen molar-refractivity contribution in [3.05, 3.63) is 17.0 Å². The maximum absolute atomic E-state index is 13.7. The molecule has 2 aliphatic heterocycles. The summed E-state index contributed by atoms with van der Waals surface area (Å²) in [4.78, 5) is 18.2. The Morgan fingerprint density at radius 1 is 1.21 bits per heavy atom. The van der Waals surface area contributed by atoms with Crippen LogP contribution in [0, 0.1) is 11.3 Å². The standard InChI is InChI=1S/C23H37N3O3/c1-23(2,3)16-7-8-20-19(14-16)21(24-29-20)22(27)26(15-18-6-5-13-28-18)17-9-11-25(4)12-10-17/h16-18H,5-15H2,1-4H3. The van der Waals surface area contributed by atoms with Gasteiger partial charge >= 0.3 is 0 Å². The highest BCUT2D eigenvalue weighted by molar-refractivity contribution is 5.94. The topological polar surface area (TPSA) is 58.8 Å². The Bertz CT molecular complexity index is 709. The fourth-order valence-electron chi connectivity index (χ4n) is 5.16. The van der Waals surface area contributed by atoms with Crippen molar-refractivity contribution in [2.24, 2.45) is 11.3 Å². The van der Waals surface area contributed by atoms with Crippen LogP contribution >= 0.6 is 0 Å². The molecule has 0 radical (unpaired) electrons. The Balaban J connectivity index is 1.57. The van der Waals surface area contributed by atoms with E-state index in [1.54, 1.807) is 0 Å². The molecule has 2 fully saturated rings. The molecule has 0 aromatic carbocycles. The highest BCUT2D eigenvalue weighted by Gasteiger charge is 2.38. The monoisotopic (exact) mass is 403 g/mol. The van der Waals surface area contributed by atoms with E-state index in [0.717, 1.165) is 76.0 Å². The Hall–Kier alpha value is -1.40. The van der Waals surface area contributed by atoms with Crippen molar-refractivity contribution in [3.8, 4) is 0 Å². The molecule has 3 aliphatic rings. The molecule has 6 heteroatoms. The van der Waals surface area contributed by atoms with Crippen LogP contribution in [-0.4, -0.2) is 66.3 Å². The second kappa shape index (κ2) is 8.38. The number of hydrogen-bond donors (Lipinski definition) is 0. The first-order valence-electron chi connectivity index (χ1n) is 11.4. The first kappa shape index (κ1) is 20.9. The van der Waals surface area contributed by atoms with Crippen LogP contribution in [0.1, 0.15) is 74.7 Å². The highest BCUT2D eigenvalue weighted by Crippen LogP contribution is 2.38. The number of hydrogen-bond acceptors (Lipinski definition) is 5. The zero-order chi connectivity index (χ0) is 20.6. The Labute approximate surface area is 174 Å². The van der Waals surface area contributed by atoms with E-state index in [0.29, 0.717) is 18.2 Å². The van der Waals surface area contributed by atoms with Crippen molar-refractivity contribution in [1.82, 2.24) is 15.0 Å². The molecule has 0 N–H and O–H groups in total. The molecule has 1 amide bonds. The van der Waals surface area contributed by atoms with Gasteiger partial charge in [-0.05, 0) is 70.0 Å². The number of rotatable bonds is 4. The molecule has 2 atom stereocenters. The molecule has 2 saturated heterocycles. The van der Waals surface area contributed by atoms with Crippen molar-refractivity contribution in [1.29, 1.82) is 0 Å². The smallest absolute Gasteiger partial charge is 0.276 e. The van der Waals surface area contributed by atoms with Crippen LogP contribution < -0.4 is 0 Å². The van der Waals surface area contributed by atoms with Crippen molar-refractivity contribution in [2.45, 2.75) is 77.9 Å². The van der Waals surface area contributed by atoms with Crippen LogP contribution in [0.25, 0.3) is 0 Å². The van der Waals surface area contributed by atoms with Gasteiger partial charge in [-0.3, -0.25) is 4.79 Å². The number of carbonyl (C=O) groups is 1. The molecule has 2 unspecified atom stereocenters. The van der Waals surface area contributed by atoms with Gasteiger partial charge in [-0.25, -0.2) is 0 Å². The van der Waals surface area contributed by atoms with Crippen molar-refractivity contribution in [3.63, 3.8) is 0 Å². The fraction of sp³-hybridized carbons (Fsp3) is 0.826. The SMILES string of the molecule is CN1CCC(N(CC2CCCO2)C(=O)c2noc3c2CC(C(C)(C)C)CC3)CC1. The molecule has 162 valence electrons. The van der Waals surface area contributed by atoms with Crippen LogP contribution in [0.15, 0.2) is 4.52 Å². The molecule has 0 bridgehead atoms. The zero-order valence-corrected chi connectivity index (χ0v) is 18.6. The maximum Gasteiger partial charge on any atom is 0.276 e. The lowest BCUT2D eigenvalue weighted by Crippen LogP contribution is -2.49. The van der Waals surface area contributed by atoms with E-state index >= 15 is 0 Å². The van der Waals surface area contributed by atoms with Crippen LogP contribution in [-0.2, 0) is 17.6 Å². The molecule has 1 aliphatic carbocycles. The van der Waals surface area contributed by atoms with Crippen LogP contribution in [0.5, 0.6) is 0 Å². The summed E-state index contributed by atoms with van der Waals surface area (Å²) in [6.07, 6.45) is 7.20. The number of aryl methyl sites for hydroxylation is 1. The minimum Gasteiger partial charge on any atom is -0.376 e. The lowest BCUT2D eigenvalue weighted by atomic mass is 9.71. The van der Waals surface area contributed by atoms with E-state index in [2.05, 4.69) is 42.8 Å². The lowest BCUT2D eigenvalue weighted by molar-refractivity contribution is 0.0312. The number of amides is 1. The van der Waals surface area contributed by atoms with Crippen LogP contribution in [0.2, 0.25) is 0 Å². The second-order valence-electron chi connectivity index (χ2n) is 10.4. The number of nitrogens with zero attached hydrogens (tertiary/aromatic N) is 3. The Morgan fingerprint density at radius 2 is 1.97 bits per heavy atom. The van der Waals surface area contributed by atoms with Crippen molar-refractivity contribution < 1.29 is 14.1 Å². The molecule has 1 aromatic heterocycles. The van der Waals surface area contributed by atoms with E-state index < -0.39 is 0 Å². The summed E-state index contributed by atoms with van der Waals surface area (Å²) in [7, 11) is 2.16. The van der Waals surface area contributed by atoms with Gasteiger partial charge in [0.2, 0.25) is 0 Å². The van der Waals surface area contributed by atoms with Crippen molar-refractivity contribution in [2.75, 3.05) is 33.3 Å². The first-order valence-corrected chi connectivity index (χ1v) is 11.4. The normalized spacial score (nSPS) is 26.5. The zero-order valence-electron chi connectivity index (χ0n) is 18.6. The average molecular weight is 404 g/mol. The van der Waals surface area contributed by atoms with Gasteiger partial charge in [0, 0.05) is 31.2 Å². The first-order chi connectivity index (χ1) is 13.8. The van der Waals surface area contributed by atoms with Gasteiger partial charge in [-0.2, -0.15) is 0 Å². The lowest BCUT2D eigenvalue weighted by Gasteiger charge is -2.38. The van der Waals surface area contributed by atoms with Gasteiger partial charge in [0.05, 0.1) is 6.10 Å². The Kier molecular flexibility index (Phi) is 6.03. The van der Waals surface area contributed by atoms with Gasteiger partial charge in [0.15, 0.2) is 5.69 Å². The van der Waals surface area contributed by atoms with E-state index in [4.69, 9.17) is 9.26 Å². The minimum atomic E-state index is 0.0506. The second-order valence-corrected chi connectivity index (χ2v) is 10.4. The third-order valence-electron chi connectivity index (χ3n) is 7.28. The van der Waals surface area contributed by atoms with Gasteiger partial charge in [-0.1, -0.05) is 25.9 Å². The van der Waals surface area contributed by atoms with Gasteiger partial charge in [-0.15, -0.1) is 0 Å². The van der Waals surface area contributed by atoms with E-state index in [1.807, 2.05) is 0 Å². The van der Waals surface area contributed by atoms with E-state index in [1.165, 1.54) is 0 Å². The summed E-state index contributed by atoms with van der Waals surface area (Å²) in [6.45, 7) is 10.4. The third-order valence-corrected chi connectivity index (χ3v) is 7.28. The summed E-state index contributed by atoms with van der Waals surface area (Å²) in [6, 6.07) is 0.261. The fourth-order valence-corrected chi connectivity index (χ4v) is 5.16. The van der Waals surface area contributed by atoms with Crippen LogP contribution in [0.4, 0.5) is 0 Å². The quantitative estimate of drug-likeness (QED) is 0.770. The highest BCUT2D eigenvalue weighted by atomic mass is 16.5. The van der Waals surface area contributed by atoms with Crippen molar-refractivity contribution >= 4 is 5.91 Å². The predicted molar refractivity (Wildman–Crippen MR) is 112 cm³/mol. The molecule has 1 aromatic rings. The summed E-state index contributed by atoms with van der Waals surface area (Å²) in [5.41, 5.74) is 1.85. The maximum atomic E-state index is 13.7. The van der Waals surface area contributed by atoms with Crippen LogP contribution in [0.3, 0.4) is 0 Å². The summed E-state index contributed by atoms with van der Waals surface area (Å²) in [5, 5.41) is 4.30. The number of carbonyl (C=O) groups excluding carboxylic acids is 1. The van der Waals surface area contributed by atoms with Gasteiger partial charge in [0.1, 0.15) is 5.76 Å². The molecule has 3 heterocycles. The molecule has 0 saturated carbocycles. The number of ether oxygens (including phenoxy) is 1. The summed E-state index contributed by atoms with van der Waals surface area (Å²) < 4.78 is 11.5. The third kappa shape index (κ3) is 4.53. The molecule has 4 rings (SSSR count). The molecule has 6 nitrogen and oxygen atoms in total. The molecule has 0 spiro atoms. The van der Waals surface area contributed by atoms with E-state index in [9.17, 15) is 4.79 Å². The van der Waals surface area contributed by atoms with E-state index in [-0.39, 0.29) is 23.5 Å². The molecular weight excluding hydrogens is 366 g/mol. The molecular formula is C23H37N3O3. The number of likely N-dealkylation sites (tertiary alicyclic amines) is 1. The number of piperidine rings is 1. The largest absolute Gasteiger partial charge is 0.376 e.